The van der Waals surface area contributed by atoms with Crippen molar-refractivity contribution in [3.63, 3.8) is 0 Å². The molecule has 1 unspecified atom stereocenters. The van der Waals surface area contributed by atoms with Gasteiger partial charge in [0.05, 0.1) is 17.3 Å². The van der Waals surface area contributed by atoms with Crippen molar-refractivity contribution < 1.29 is 8.42 Å². The highest BCUT2D eigenvalue weighted by Crippen LogP contribution is 2.19. The van der Waals surface area contributed by atoms with Gasteiger partial charge in [-0.2, -0.15) is 0 Å². The molecule has 0 aromatic heterocycles. The van der Waals surface area contributed by atoms with Gasteiger partial charge < -0.3 is 10.6 Å². The summed E-state index contributed by atoms with van der Waals surface area (Å²) in [6.07, 6.45) is 1.26. The van der Waals surface area contributed by atoms with E-state index in [1.165, 1.54) is 11.8 Å². The van der Waals surface area contributed by atoms with Crippen molar-refractivity contribution >= 4 is 39.8 Å². The lowest BCUT2D eigenvalue weighted by molar-refractivity contribution is 0.219. The second kappa shape index (κ2) is 12.6. The van der Waals surface area contributed by atoms with Crippen molar-refractivity contribution in [3.8, 4) is 0 Å². The SMILES string of the molecule is CCNC(=NCC(C)(C)S(C)(=O)=O)NCC(c1ccccc1)N(CC)CC.I. The van der Waals surface area contributed by atoms with Crippen LogP contribution in [-0.4, -0.2) is 63.0 Å². The number of rotatable bonds is 10. The Hall–Kier alpha value is -0.870. The zero-order valence-corrected chi connectivity index (χ0v) is 21.2. The van der Waals surface area contributed by atoms with Crippen LogP contribution in [0.5, 0.6) is 0 Å². The average Bonchev–Trinajstić information content (AvgIpc) is 2.62. The van der Waals surface area contributed by atoms with Gasteiger partial charge in [-0.05, 0) is 39.4 Å². The molecule has 0 aliphatic rings. The van der Waals surface area contributed by atoms with Crippen molar-refractivity contribution in [2.24, 2.45) is 4.99 Å². The number of aliphatic imine (C=N–C) groups is 1. The molecular weight excluding hydrogens is 487 g/mol. The van der Waals surface area contributed by atoms with E-state index in [1.807, 2.05) is 13.0 Å². The third kappa shape index (κ3) is 8.24. The van der Waals surface area contributed by atoms with Crippen LogP contribution < -0.4 is 10.6 Å². The van der Waals surface area contributed by atoms with Gasteiger partial charge in [-0.15, -0.1) is 24.0 Å². The van der Waals surface area contributed by atoms with Crippen LogP contribution in [0.1, 0.15) is 46.2 Å². The highest BCUT2D eigenvalue weighted by atomic mass is 127. The fraction of sp³-hybridized carbons (Fsp3) is 0.650. The fourth-order valence-electron chi connectivity index (χ4n) is 2.72. The summed E-state index contributed by atoms with van der Waals surface area (Å²) in [6, 6.07) is 10.6. The molecule has 0 fully saturated rings. The minimum absolute atomic E-state index is 0. The standard InChI is InChI=1S/C20H36N4O2S.HI/c1-7-21-19(23-16-20(4,5)27(6,25)26)22-15-18(24(8-2)9-3)17-13-11-10-12-14-17;/h10-14,18H,7-9,15-16H2,1-6H3,(H2,21,22,23);1H. The van der Waals surface area contributed by atoms with E-state index in [4.69, 9.17) is 0 Å². The van der Waals surface area contributed by atoms with Gasteiger partial charge in [0, 0.05) is 19.3 Å². The highest BCUT2D eigenvalue weighted by molar-refractivity contribution is 14.0. The van der Waals surface area contributed by atoms with Gasteiger partial charge in [-0.25, -0.2) is 8.42 Å². The van der Waals surface area contributed by atoms with Crippen molar-refractivity contribution in [1.29, 1.82) is 0 Å². The Kier molecular flexibility index (Phi) is 12.2. The first-order valence-electron chi connectivity index (χ1n) is 9.67. The zero-order valence-electron chi connectivity index (χ0n) is 18.0. The zero-order chi connectivity index (χ0) is 20.5. The van der Waals surface area contributed by atoms with Crippen LogP contribution in [0.2, 0.25) is 0 Å². The van der Waals surface area contributed by atoms with Gasteiger partial charge >= 0.3 is 0 Å². The maximum atomic E-state index is 11.9. The topological polar surface area (TPSA) is 73.8 Å². The first-order chi connectivity index (χ1) is 12.7. The molecule has 0 amide bonds. The Morgan fingerprint density at radius 1 is 1.11 bits per heavy atom. The number of likely N-dealkylation sites (N-methyl/N-ethyl adjacent to an activating group) is 1. The molecule has 1 atom stereocenters. The summed E-state index contributed by atoms with van der Waals surface area (Å²) in [7, 11) is -3.18. The predicted octanol–water partition coefficient (Wildman–Crippen LogP) is 3.07. The maximum absolute atomic E-state index is 11.9. The van der Waals surface area contributed by atoms with Crippen molar-refractivity contribution in [2.75, 3.05) is 39.0 Å². The molecule has 6 nitrogen and oxygen atoms in total. The summed E-state index contributed by atoms with van der Waals surface area (Å²) < 4.78 is 23.0. The largest absolute Gasteiger partial charge is 0.357 e. The molecule has 1 rings (SSSR count). The normalized spacial score (nSPS) is 13.8. The monoisotopic (exact) mass is 524 g/mol. The van der Waals surface area contributed by atoms with E-state index in [-0.39, 0.29) is 36.6 Å². The Morgan fingerprint density at radius 2 is 1.68 bits per heavy atom. The molecule has 0 heterocycles. The Morgan fingerprint density at radius 3 is 2.14 bits per heavy atom. The Bertz CT molecular complexity index is 689. The van der Waals surface area contributed by atoms with Crippen LogP contribution in [0.4, 0.5) is 0 Å². The molecule has 28 heavy (non-hydrogen) atoms. The number of benzene rings is 1. The van der Waals surface area contributed by atoms with Crippen LogP contribution in [0.25, 0.3) is 0 Å². The van der Waals surface area contributed by atoms with E-state index >= 15 is 0 Å². The number of nitrogens with zero attached hydrogens (tertiary/aromatic N) is 2. The first-order valence-corrected chi connectivity index (χ1v) is 11.6. The van der Waals surface area contributed by atoms with E-state index in [2.05, 4.69) is 58.6 Å². The van der Waals surface area contributed by atoms with Crippen LogP contribution in [0, 0.1) is 0 Å². The van der Waals surface area contributed by atoms with Gasteiger partial charge in [-0.3, -0.25) is 9.89 Å². The molecule has 8 heteroatoms. The summed E-state index contributed by atoms with van der Waals surface area (Å²) >= 11 is 0. The summed E-state index contributed by atoms with van der Waals surface area (Å²) in [6.45, 7) is 13.2. The van der Waals surface area contributed by atoms with Crippen LogP contribution in [0.15, 0.2) is 35.3 Å². The molecule has 1 aromatic rings. The van der Waals surface area contributed by atoms with Crippen molar-refractivity contribution in [3.05, 3.63) is 35.9 Å². The van der Waals surface area contributed by atoms with E-state index in [0.717, 1.165) is 13.1 Å². The van der Waals surface area contributed by atoms with Gasteiger partial charge in [-0.1, -0.05) is 44.2 Å². The van der Waals surface area contributed by atoms with Crippen molar-refractivity contribution in [2.45, 2.75) is 45.4 Å². The van der Waals surface area contributed by atoms with Gasteiger partial charge in [0.1, 0.15) is 0 Å². The first kappa shape index (κ1) is 27.1. The molecule has 0 aliphatic heterocycles. The Balaban J connectivity index is 0.00000729. The quantitative estimate of drug-likeness (QED) is 0.280. The lowest BCUT2D eigenvalue weighted by Crippen LogP contribution is -2.44. The molecule has 0 saturated carbocycles. The minimum Gasteiger partial charge on any atom is -0.357 e. The van der Waals surface area contributed by atoms with Crippen molar-refractivity contribution in [1.82, 2.24) is 15.5 Å². The molecule has 0 bridgehead atoms. The second-order valence-electron chi connectivity index (χ2n) is 7.26. The number of hydrogen-bond acceptors (Lipinski definition) is 4. The molecule has 162 valence electrons. The van der Waals surface area contributed by atoms with Crippen LogP contribution >= 0.6 is 24.0 Å². The number of hydrogen-bond donors (Lipinski definition) is 2. The van der Waals surface area contributed by atoms with E-state index < -0.39 is 14.6 Å². The van der Waals surface area contributed by atoms with Gasteiger partial charge in [0.15, 0.2) is 15.8 Å². The Labute approximate surface area is 188 Å². The smallest absolute Gasteiger partial charge is 0.191 e. The third-order valence-electron chi connectivity index (χ3n) is 4.87. The van der Waals surface area contributed by atoms with Crippen LogP contribution in [0.3, 0.4) is 0 Å². The molecule has 0 saturated heterocycles. The molecule has 0 aliphatic carbocycles. The third-order valence-corrected chi connectivity index (χ3v) is 7.00. The number of halogens is 1. The summed E-state index contributed by atoms with van der Waals surface area (Å²) in [5.74, 6) is 0.641. The second-order valence-corrected chi connectivity index (χ2v) is 9.91. The fourth-order valence-corrected chi connectivity index (χ4v) is 3.02. The van der Waals surface area contributed by atoms with E-state index in [9.17, 15) is 8.42 Å². The summed E-state index contributed by atoms with van der Waals surface area (Å²) in [5.41, 5.74) is 1.25. The van der Waals surface area contributed by atoms with Gasteiger partial charge in [0.2, 0.25) is 0 Å². The van der Waals surface area contributed by atoms with Gasteiger partial charge in [0.25, 0.3) is 0 Å². The number of sulfone groups is 1. The number of guanidine groups is 1. The predicted molar refractivity (Wildman–Crippen MR) is 130 cm³/mol. The molecule has 0 spiro atoms. The van der Waals surface area contributed by atoms with Crippen LogP contribution in [-0.2, 0) is 9.84 Å². The number of nitrogens with one attached hydrogen (secondary N) is 2. The summed E-state index contributed by atoms with van der Waals surface area (Å²) in [5, 5.41) is 6.61. The maximum Gasteiger partial charge on any atom is 0.191 e. The highest BCUT2D eigenvalue weighted by Gasteiger charge is 2.30. The average molecular weight is 525 g/mol. The summed E-state index contributed by atoms with van der Waals surface area (Å²) in [4.78, 5) is 6.92. The lowest BCUT2D eigenvalue weighted by atomic mass is 10.1. The molecule has 2 N–H and O–H groups in total. The molecule has 1 aromatic carbocycles. The van der Waals surface area contributed by atoms with E-state index in [0.29, 0.717) is 19.0 Å². The molecular formula is C20H37IN4O2S. The minimum atomic E-state index is -3.18. The van der Waals surface area contributed by atoms with E-state index in [1.54, 1.807) is 13.8 Å². The lowest BCUT2D eigenvalue weighted by Gasteiger charge is -2.31. The molecule has 0 radical (unpaired) electrons.